The van der Waals surface area contributed by atoms with Crippen molar-refractivity contribution in [2.45, 2.75) is 0 Å². The van der Waals surface area contributed by atoms with Gasteiger partial charge in [-0.15, -0.1) is 0 Å². The van der Waals surface area contributed by atoms with E-state index in [1.807, 2.05) is 30.3 Å². The lowest BCUT2D eigenvalue weighted by molar-refractivity contribution is 1.14. The van der Waals surface area contributed by atoms with Crippen LogP contribution >= 0.6 is 22.6 Å². The Kier molecular flexibility index (Phi) is 2.92. The highest BCUT2D eigenvalue weighted by Crippen LogP contribution is 2.18. The van der Waals surface area contributed by atoms with Gasteiger partial charge in [-0.25, -0.2) is 9.97 Å². The molecule has 0 radical (unpaired) electrons. The van der Waals surface area contributed by atoms with Crippen LogP contribution in [0.25, 0.3) is 11.3 Å². The predicted octanol–water partition coefficient (Wildman–Crippen LogP) is 2.62. The molecule has 0 fully saturated rings. The van der Waals surface area contributed by atoms with Gasteiger partial charge < -0.3 is 0 Å². The van der Waals surface area contributed by atoms with Gasteiger partial charge in [0.25, 0.3) is 0 Å². The number of rotatable bonds is 1. The summed E-state index contributed by atoms with van der Waals surface area (Å²) >= 11 is 2.24. The van der Waals surface area contributed by atoms with E-state index in [4.69, 9.17) is 5.26 Å². The standard InChI is InChI=1S/C11H6IN3/c12-9-3-1-2-8(4-9)11-5-10(6-13)14-7-15-11/h1-5,7H. The first-order valence-corrected chi connectivity index (χ1v) is 5.35. The maximum Gasteiger partial charge on any atom is 0.144 e. The molecule has 0 aliphatic rings. The Balaban J connectivity index is 2.50. The molecule has 0 aliphatic carbocycles. The van der Waals surface area contributed by atoms with Crippen molar-refractivity contribution in [2.75, 3.05) is 0 Å². The minimum atomic E-state index is 0.388. The van der Waals surface area contributed by atoms with Crippen molar-refractivity contribution in [2.24, 2.45) is 0 Å². The van der Waals surface area contributed by atoms with Crippen LogP contribution in [-0.2, 0) is 0 Å². The Morgan fingerprint density at radius 1 is 1.20 bits per heavy atom. The van der Waals surface area contributed by atoms with E-state index < -0.39 is 0 Å². The second kappa shape index (κ2) is 4.36. The minimum Gasteiger partial charge on any atom is -0.236 e. The van der Waals surface area contributed by atoms with Crippen LogP contribution in [0.4, 0.5) is 0 Å². The van der Waals surface area contributed by atoms with Gasteiger partial charge in [-0.05, 0) is 34.7 Å². The SMILES string of the molecule is N#Cc1cc(-c2cccc(I)c2)ncn1. The van der Waals surface area contributed by atoms with Crippen LogP contribution in [-0.4, -0.2) is 9.97 Å². The van der Waals surface area contributed by atoms with E-state index in [-0.39, 0.29) is 0 Å². The number of hydrogen-bond acceptors (Lipinski definition) is 3. The van der Waals surface area contributed by atoms with Crippen LogP contribution in [0.5, 0.6) is 0 Å². The smallest absolute Gasteiger partial charge is 0.144 e. The lowest BCUT2D eigenvalue weighted by Crippen LogP contribution is -1.88. The summed E-state index contributed by atoms with van der Waals surface area (Å²) in [6, 6.07) is 11.6. The molecule has 0 amide bonds. The molecule has 2 rings (SSSR count). The van der Waals surface area contributed by atoms with Gasteiger partial charge in [0.2, 0.25) is 0 Å². The molecule has 0 saturated carbocycles. The van der Waals surface area contributed by atoms with Crippen molar-refractivity contribution in [3.63, 3.8) is 0 Å². The summed E-state index contributed by atoms with van der Waals surface area (Å²) in [5.74, 6) is 0. The van der Waals surface area contributed by atoms with Crippen LogP contribution in [0.1, 0.15) is 5.69 Å². The van der Waals surface area contributed by atoms with E-state index >= 15 is 0 Å². The molecule has 72 valence electrons. The molecule has 2 aromatic rings. The monoisotopic (exact) mass is 307 g/mol. The Hall–Kier alpha value is -1.48. The highest BCUT2D eigenvalue weighted by Gasteiger charge is 2.01. The Bertz CT molecular complexity index is 531. The summed E-state index contributed by atoms with van der Waals surface area (Å²) in [5, 5.41) is 8.72. The van der Waals surface area contributed by atoms with Crippen LogP contribution in [0.15, 0.2) is 36.7 Å². The van der Waals surface area contributed by atoms with E-state index in [0.29, 0.717) is 5.69 Å². The molecule has 0 spiro atoms. The molecule has 1 aromatic heterocycles. The van der Waals surface area contributed by atoms with Crippen molar-refractivity contribution in [1.82, 2.24) is 9.97 Å². The van der Waals surface area contributed by atoms with Gasteiger partial charge in [0.05, 0.1) is 5.69 Å². The molecule has 1 aromatic carbocycles. The zero-order valence-corrected chi connectivity index (χ0v) is 9.84. The summed E-state index contributed by atoms with van der Waals surface area (Å²) in [6.45, 7) is 0. The molecule has 0 saturated heterocycles. The molecule has 1 heterocycles. The number of hydrogen-bond donors (Lipinski definition) is 0. The summed E-state index contributed by atoms with van der Waals surface area (Å²) in [4.78, 5) is 7.96. The van der Waals surface area contributed by atoms with Gasteiger partial charge in [-0.2, -0.15) is 5.26 Å². The largest absolute Gasteiger partial charge is 0.236 e. The molecule has 15 heavy (non-hydrogen) atoms. The second-order valence-corrected chi connectivity index (χ2v) is 4.16. The van der Waals surface area contributed by atoms with Gasteiger partial charge in [0, 0.05) is 15.2 Å². The van der Waals surface area contributed by atoms with Crippen LogP contribution in [0, 0.1) is 14.9 Å². The number of benzene rings is 1. The van der Waals surface area contributed by atoms with Crippen LogP contribution < -0.4 is 0 Å². The lowest BCUT2D eigenvalue weighted by Gasteiger charge is -2.00. The topological polar surface area (TPSA) is 49.6 Å². The first kappa shape index (κ1) is 10.1. The summed E-state index contributed by atoms with van der Waals surface area (Å²) in [5.41, 5.74) is 2.17. The fourth-order valence-corrected chi connectivity index (χ4v) is 1.77. The molecule has 0 unspecified atom stereocenters. The quantitative estimate of drug-likeness (QED) is 0.761. The molecule has 0 atom stereocenters. The van der Waals surface area contributed by atoms with Gasteiger partial charge >= 0.3 is 0 Å². The third-order valence-electron chi connectivity index (χ3n) is 1.90. The van der Waals surface area contributed by atoms with Crippen molar-refractivity contribution in [3.8, 4) is 17.3 Å². The van der Waals surface area contributed by atoms with Gasteiger partial charge in [-0.3, -0.25) is 0 Å². The van der Waals surface area contributed by atoms with Crippen molar-refractivity contribution < 1.29 is 0 Å². The maximum absolute atomic E-state index is 8.72. The van der Waals surface area contributed by atoms with E-state index in [1.165, 1.54) is 6.33 Å². The van der Waals surface area contributed by atoms with E-state index in [2.05, 4.69) is 32.6 Å². The van der Waals surface area contributed by atoms with Crippen molar-refractivity contribution in [1.29, 1.82) is 5.26 Å². The van der Waals surface area contributed by atoms with Gasteiger partial charge in [0.15, 0.2) is 0 Å². The van der Waals surface area contributed by atoms with Gasteiger partial charge in [-0.1, -0.05) is 12.1 Å². The molecule has 0 aliphatic heterocycles. The average Bonchev–Trinajstić information content (AvgIpc) is 2.29. The van der Waals surface area contributed by atoms with E-state index in [9.17, 15) is 0 Å². The molecule has 0 bridgehead atoms. The molecule has 3 nitrogen and oxygen atoms in total. The zero-order valence-electron chi connectivity index (χ0n) is 7.68. The van der Waals surface area contributed by atoms with E-state index in [1.54, 1.807) is 6.07 Å². The average molecular weight is 307 g/mol. The Morgan fingerprint density at radius 2 is 2.07 bits per heavy atom. The summed E-state index contributed by atoms with van der Waals surface area (Å²) in [7, 11) is 0. The summed E-state index contributed by atoms with van der Waals surface area (Å²) in [6.07, 6.45) is 1.41. The highest BCUT2D eigenvalue weighted by molar-refractivity contribution is 14.1. The fourth-order valence-electron chi connectivity index (χ4n) is 1.22. The highest BCUT2D eigenvalue weighted by atomic mass is 127. The first-order chi connectivity index (χ1) is 7.29. The zero-order chi connectivity index (χ0) is 10.7. The normalized spacial score (nSPS) is 9.60. The Morgan fingerprint density at radius 3 is 2.80 bits per heavy atom. The van der Waals surface area contributed by atoms with E-state index in [0.717, 1.165) is 14.8 Å². The number of aromatic nitrogens is 2. The number of halogens is 1. The third kappa shape index (κ3) is 2.30. The molecule has 0 N–H and O–H groups in total. The number of nitriles is 1. The lowest BCUT2D eigenvalue weighted by atomic mass is 10.1. The number of nitrogens with zero attached hydrogens (tertiary/aromatic N) is 3. The Labute approximate surface area is 101 Å². The van der Waals surface area contributed by atoms with Crippen LogP contribution in [0.3, 0.4) is 0 Å². The molecule has 4 heteroatoms. The first-order valence-electron chi connectivity index (χ1n) is 4.27. The van der Waals surface area contributed by atoms with Gasteiger partial charge in [0.1, 0.15) is 18.1 Å². The molecular weight excluding hydrogens is 301 g/mol. The maximum atomic E-state index is 8.72. The second-order valence-electron chi connectivity index (χ2n) is 2.91. The molecular formula is C11H6IN3. The minimum absolute atomic E-state index is 0.388. The third-order valence-corrected chi connectivity index (χ3v) is 2.57. The fraction of sp³-hybridized carbons (Fsp3) is 0. The van der Waals surface area contributed by atoms with Crippen LogP contribution in [0.2, 0.25) is 0 Å². The predicted molar refractivity (Wildman–Crippen MR) is 64.9 cm³/mol. The van der Waals surface area contributed by atoms with Crippen molar-refractivity contribution >= 4 is 22.6 Å². The summed E-state index contributed by atoms with van der Waals surface area (Å²) < 4.78 is 1.14. The van der Waals surface area contributed by atoms with Crippen molar-refractivity contribution in [3.05, 3.63) is 45.9 Å².